The van der Waals surface area contributed by atoms with Gasteiger partial charge < -0.3 is 14.0 Å². The first-order valence-electron chi connectivity index (χ1n) is 9.99. The van der Waals surface area contributed by atoms with E-state index in [1.807, 2.05) is 85.9 Å². The molecule has 0 amide bonds. The minimum absolute atomic E-state index is 0.0874. The molecule has 1 aliphatic rings. The quantitative estimate of drug-likeness (QED) is 0.583. The molecule has 0 atom stereocenters. The Hall–Kier alpha value is -2.12. The molecule has 1 aliphatic heterocycles. The summed E-state index contributed by atoms with van der Waals surface area (Å²) in [5.41, 5.74) is 2.60. The monoisotopic (exact) mass is 398 g/mol. The second-order valence-corrected chi connectivity index (χ2v) is 9.62. The van der Waals surface area contributed by atoms with Crippen molar-refractivity contribution in [3.63, 3.8) is 0 Å². The van der Waals surface area contributed by atoms with Crippen LogP contribution in [0.25, 0.3) is 11.1 Å². The van der Waals surface area contributed by atoms with Crippen molar-refractivity contribution in [1.82, 2.24) is 9.78 Å². The lowest BCUT2D eigenvalue weighted by Gasteiger charge is -2.32. The summed E-state index contributed by atoms with van der Waals surface area (Å²) in [6.07, 6.45) is 1.88. The van der Waals surface area contributed by atoms with E-state index < -0.39 is 5.60 Å². The van der Waals surface area contributed by atoms with Crippen LogP contribution in [0.5, 0.6) is 0 Å². The SMILES string of the molecule is Cc1nn(CC(=O)OC(C)(C)C)cc1-c1ccc(B2OC(C)(C)C(C)(C)O2)cc1. The average molecular weight is 398 g/mol. The van der Waals surface area contributed by atoms with Crippen molar-refractivity contribution in [3.8, 4) is 11.1 Å². The third-order valence-electron chi connectivity index (χ3n) is 5.40. The number of aryl methyl sites for hydroxylation is 1. The minimum Gasteiger partial charge on any atom is -0.459 e. The summed E-state index contributed by atoms with van der Waals surface area (Å²) in [6, 6.07) is 8.09. The van der Waals surface area contributed by atoms with E-state index in [-0.39, 0.29) is 30.8 Å². The third kappa shape index (κ3) is 4.73. The van der Waals surface area contributed by atoms with Gasteiger partial charge in [0.2, 0.25) is 0 Å². The minimum atomic E-state index is -0.508. The van der Waals surface area contributed by atoms with E-state index in [0.29, 0.717) is 0 Å². The maximum atomic E-state index is 12.1. The van der Waals surface area contributed by atoms with Crippen LogP contribution in [0.3, 0.4) is 0 Å². The predicted molar refractivity (Wildman–Crippen MR) is 114 cm³/mol. The van der Waals surface area contributed by atoms with Crippen molar-refractivity contribution < 1.29 is 18.8 Å². The van der Waals surface area contributed by atoms with Gasteiger partial charge in [-0.05, 0) is 66.4 Å². The largest absolute Gasteiger partial charge is 0.494 e. The van der Waals surface area contributed by atoms with E-state index in [1.54, 1.807) is 4.68 Å². The lowest BCUT2D eigenvalue weighted by molar-refractivity contribution is -0.155. The van der Waals surface area contributed by atoms with Gasteiger partial charge in [-0.1, -0.05) is 24.3 Å². The molecule has 0 aliphatic carbocycles. The van der Waals surface area contributed by atoms with Gasteiger partial charge in [0.15, 0.2) is 0 Å². The molecule has 2 aromatic rings. The first-order chi connectivity index (χ1) is 13.3. The molecule has 156 valence electrons. The number of benzene rings is 1. The first kappa shape index (κ1) is 21.6. The van der Waals surface area contributed by atoms with E-state index in [2.05, 4.69) is 5.10 Å². The molecule has 2 heterocycles. The third-order valence-corrected chi connectivity index (χ3v) is 5.40. The number of carbonyl (C=O) groups excluding carboxylic acids is 1. The van der Waals surface area contributed by atoms with Gasteiger partial charge in [0.25, 0.3) is 0 Å². The molecule has 0 saturated carbocycles. The highest BCUT2D eigenvalue weighted by Crippen LogP contribution is 2.36. The van der Waals surface area contributed by atoms with Crippen molar-refractivity contribution >= 4 is 18.6 Å². The topological polar surface area (TPSA) is 62.6 Å². The van der Waals surface area contributed by atoms with Gasteiger partial charge in [0, 0.05) is 11.8 Å². The summed E-state index contributed by atoms with van der Waals surface area (Å²) in [6.45, 7) is 15.8. The van der Waals surface area contributed by atoms with Crippen LogP contribution in [0.4, 0.5) is 0 Å². The highest BCUT2D eigenvalue weighted by molar-refractivity contribution is 6.62. The Bertz CT molecular complexity index is 879. The summed E-state index contributed by atoms with van der Waals surface area (Å²) in [4.78, 5) is 12.1. The number of esters is 1. The van der Waals surface area contributed by atoms with Crippen molar-refractivity contribution in [1.29, 1.82) is 0 Å². The van der Waals surface area contributed by atoms with E-state index >= 15 is 0 Å². The van der Waals surface area contributed by atoms with Crippen LogP contribution in [0.1, 0.15) is 54.2 Å². The maximum Gasteiger partial charge on any atom is 0.494 e. The van der Waals surface area contributed by atoms with E-state index in [4.69, 9.17) is 14.0 Å². The summed E-state index contributed by atoms with van der Waals surface area (Å²) >= 11 is 0. The van der Waals surface area contributed by atoms with Crippen LogP contribution in [0, 0.1) is 6.92 Å². The number of carbonyl (C=O) groups is 1. The maximum absolute atomic E-state index is 12.1. The van der Waals surface area contributed by atoms with Crippen LogP contribution in [-0.4, -0.2) is 39.7 Å². The molecule has 1 aromatic carbocycles. The van der Waals surface area contributed by atoms with Crippen molar-refractivity contribution in [2.24, 2.45) is 0 Å². The number of rotatable bonds is 4. The van der Waals surface area contributed by atoms with E-state index in [9.17, 15) is 4.79 Å². The summed E-state index contributed by atoms with van der Waals surface area (Å²) in [5.74, 6) is -0.303. The number of hydrogen-bond acceptors (Lipinski definition) is 5. The lowest BCUT2D eigenvalue weighted by atomic mass is 9.78. The second-order valence-electron chi connectivity index (χ2n) is 9.62. The van der Waals surface area contributed by atoms with Gasteiger partial charge in [-0.15, -0.1) is 0 Å². The highest BCUT2D eigenvalue weighted by atomic mass is 16.7. The molecule has 3 rings (SSSR count). The smallest absolute Gasteiger partial charge is 0.459 e. The average Bonchev–Trinajstić information content (AvgIpc) is 3.02. The van der Waals surface area contributed by atoms with Gasteiger partial charge in [0.05, 0.1) is 16.9 Å². The number of hydrogen-bond donors (Lipinski definition) is 0. The second kappa shape index (κ2) is 7.29. The van der Waals surface area contributed by atoms with Crippen LogP contribution in [0.2, 0.25) is 0 Å². The molecular formula is C22H31BN2O4. The Balaban J connectivity index is 1.74. The van der Waals surface area contributed by atoms with E-state index in [1.165, 1.54) is 0 Å². The molecule has 0 spiro atoms. The molecule has 7 heteroatoms. The molecule has 0 unspecified atom stereocenters. The fourth-order valence-electron chi connectivity index (χ4n) is 3.19. The number of aromatic nitrogens is 2. The Kier molecular flexibility index (Phi) is 5.43. The summed E-state index contributed by atoms with van der Waals surface area (Å²) < 4.78 is 19.2. The zero-order chi connectivity index (χ0) is 21.6. The molecule has 6 nitrogen and oxygen atoms in total. The molecule has 1 fully saturated rings. The number of ether oxygens (including phenoxy) is 1. The van der Waals surface area contributed by atoms with Crippen LogP contribution in [0.15, 0.2) is 30.5 Å². The van der Waals surface area contributed by atoms with Crippen LogP contribution >= 0.6 is 0 Å². The molecular weight excluding hydrogens is 367 g/mol. The Morgan fingerprint density at radius 1 is 1.10 bits per heavy atom. The molecule has 1 aromatic heterocycles. The fourth-order valence-corrected chi connectivity index (χ4v) is 3.19. The summed E-state index contributed by atoms with van der Waals surface area (Å²) in [7, 11) is -0.384. The first-order valence-corrected chi connectivity index (χ1v) is 9.99. The number of nitrogens with zero attached hydrogens (tertiary/aromatic N) is 2. The van der Waals surface area contributed by atoms with Crippen molar-refractivity contribution in [2.45, 2.75) is 78.7 Å². The van der Waals surface area contributed by atoms with Crippen LogP contribution < -0.4 is 5.46 Å². The normalized spacial score (nSPS) is 18.1. The fraction of sp³-hybridized carbons (Fsp3) is 0.545. The molecule has 0 bridgehead atoms. The lowest BCUT2D eigenvalue weighted by Crippen LogP contribution is -2.41. The zero-order valence-corrected chi connectivity index (χ0v) is 18.7. The van der Waals surface area contributed by atoms with Gasteiger partial charge in [-0.3, -0.25) is 9.48 Å². The summed E-state index contributed by atoms with van der Waals surface area (Å²) in [5, 5.41) is 4.46. The predicted octanol–water partition coefficient (Wildman–Crippen LogP) is 3.50. The van der Waals surface area contributed by atoms with Gasteiger partial charge in [-0.2, -0.15) is 5.10 Å². The molecule has 0 radical (unpaired) electrons. The van der Waals surface area contributed by atoms with Gasteiger partial charge >= 0.3 is 13.1 Å². The molecule has 0 N–H and O–H groups in total. The highest BCUT2D eigenvalue weighted by Gasteiger charge is 2.51. The Labute approximate surface area is 173 Å². The van der Waals surface area contributed by atoms with E-state index in [0.717, 1.165) is 22.3 Å². The Morgan fingerprint density at radius 2 is 1.66 bits per heavy atom. The standard InChI is InChI=1S/C22H31BN2O4/c1-15-18(13-25(24-15)14-19(26)27-20(2,3)4)16-9-11-17(12-10-16)23-28-21(5,6)22(7,8)29-23/h9-13H,14H2,1-8H3. The molecule has 1 saturated heterocycles. The van der Waals surface area contributed by atoms with Crippen molar-refractivity contribution in [3.05, 3.63) is 36.2 Å². The van der Waals surface area contributed by atoms with Crippen LogP contribution in [-0.2, 0) is 25.4 Å². The zero-order valence-electron chi connectivity index (χ0n) is 18.7. The van der Waals surface area contributed by atoms with Crippen molar-refractivity contribution in [2.75, 3.05) is 0 Å². The van der Waals surface area contributed by atoms with Gasteiger partial charge in [0.1, 0.15) is 12.1 Å². The van der Waals surface area contributed by atoms with Gasteiger partial charge in [-0.25, -0.2) is 0 Å². The Morgan fingerprint density at radius 3 is 2.17 bits per heavy atom. The molecule has 29 heavy (non-hydrogen) atoms.